The highest BCUT2D eigenvalue weighted by Crippen LogP contribution is 2.61. The number of hydrogen-bond acceptors (Lipinski definition) is 4. The molecule has 32 heavy (non-hydrogen) atoms. The van der Waals surface area contributed by atoms with E-state index in [2.05, 4.69) is 35.8 Å². The van der Waals surface area contributed by atoms with Gasteiger partial charge in [0.25, 0.3) is 0 Å². The fourth-order valence-electron chi connectivity index (χ4n) is 6.47. The fourth-order valence-corrected chi connectivity index (χ4v) is 6.92. The molecule has 0 spiro atoms. The van der Waals surface area contributed by atoms with Crippen molar-refractivity contribution < 1.29 is 23.4 Å². The van der Waals surface area contributed by atoms with Gasteiger partial charge in [-0.15, -0.1) is 0 Å². The molecule has 5 nitrogen and oxygen atoms in total. The van der Waals surface area contributed by atoms with Crippen molar-refractivity contribution in [3.05, 3.63) is 22.2 Å². The highest BCUT2D eigenvalue weighted by molar-refractivity contribution is 9.10. The van der Waals surface area contributed by atoms with E-state index in [0.29, 0.717) is 5.41 Å². The summed E-state index contributed by atoms with van der Waals surface area (Å²) in [6.07, 6.45) is 5.52. The van der Waals surface area contributed by atoms with E-state index in [0.717, 1.165) is 90.8 Å². The standard InChI is InChI=1S/C26H41BrNO4/c1-26(2)21-6-5-19(22(26)16-21)7-11-31-12-8-28(9-13-32-14-10-28)18-20-15-24(29-3)25(30-4)17-23(20)27/h15,17,19,21-22H,5-14,16,18H2,1-4H3/q+1/t19-,21+,22-/m1/s1. The second-order valence-electron chi connectivity index (χ2n) is 10.7. The van der Waals surface area contributed by atoms with Crippen molar-refractivity contribution >= 4 is 15.9 Å². The van der Waals surface area contributed by atoms with Gasteiger partial charge in [-0.25, -0.2) is 0 Å². The third-order valence-corrected chi connectivity index (χ3v) is 9.56. The average molecular weight is 512 g/mol. The average Bonchev–Trinajstić information content (AvgIpc) is 2.80. The maximum absolute atomic E-state index is 6.23. The van der Waals surface area contributed by atoms with Crippen LogP contribution < -0.4 is 9.47 Å². The lowest BCUT2D eigenvalue weighted by Crippen LogP contribution is -2.56. The molecule has 4 fully saturated rings. The molecule has 0 amide bonds. The molecule has 1 aromatic rings. The van der Waals surface area contributed by atoms with Crippen LogP contribution in [0.4, 0.5) is 0 Å². The number of methoxy groups -OCH3 is 2. The van der Waals surface area contributed by atoms with Gasteiger partial charge in [0, 0.05) is 16.6 Å². The van der Waals surface area contributed by atoms with E-state index in [-0.39, 0.29) is 0 Å². The van der Waals surface area contributed by atoms with Crippen LogP contribution in [0.25, 0.3) is 0 Å². The summed E-state index contributed by atoms with van der Waals surface area (Å²) in [4.78, 5) is 0. The maximum atomic E-state index is 6.23. The lowest BCUT2D eigenvalue weighted by molar-refractivity contribution is -0.947. The number of morpholine rings is 1. The molecule has 1 heterocycles. The van der Waals surface area contributed by atoms with Crippen molar-refractivity contribution in [1.29, 1.82) is 0 Å². The number of halogens is 1. The number of rotatable bonds is 10. The summed E-state index contributed by atoms with van der Waals surface area (Å²) in [6.45, 7) is 12.3. The lowest BCUT2D eigenvalue weighted by atomic mass is 9.45. The first kappa shape index (κ1) is 24.3. The van der Waals surface area contributed by atoms with Crippen LogP contribution in [0.15, 0.2) is 16.6 Å². The predicted octanol–water partition coefficient (Wildman–Crippen LogP) is 5.29. The van der Waals surface area contributed by atoms with Gasteiger partial charge in [0.05, 0.1) is 34.0 Å². The molecule has 180 valence electrons. The minimum atomic E-state index is 0.568. The number of nitrogens with zero attached hydrogens (tertiary/aromatic N) is 1. The Morgan fingerprint density at radius 2 is 1.78 bits per heavy atom. The van der Waals surface area contributed by atoms with Gasteiger partial charge in [0.1, 0.15) is 26.2 Å². The molecule has 3 atom stereocenters. The van der Waals surface area contributed by atoms with E-state index in [1.807, 2.05) is 6.07 Å². The van der Waals surface area contributed by atoms with E-state index in [9.17, 15) is 0 Å². The highest BCUT2D eigenvalue weighted by atomic mass is 79.9. The molecule has 1 aromatic carbocycles. The molecule has 0 N–H and O–H groups in total. The topological polar surface area (TPSA) is 36.9 Å². The minimum absolute atomic E-state index is 0.568. The number of hydrogen-bond donors (Lipinski definition) is 0. The number of fused-ring (bicyclic) bond motifs is 2. The Kier molecular flexibility index (Phi) is 7.75. The molecular formula is C26H41BrNO4+. The monoisotopic (exact) mass is 510 g/mol. The number of ether oxygens (including phenoxy) is 4. The van der Waals surface area contributed by atoms with Crippen molar-refractivity contribution in [2.24, 2.45) is 23.2 Å². The zero-order valence-electron chi connectivity index (χ0n) is 20.3. The van der Waals surface area contributed by atoms with Gasteiger partial charge in [0.15, 0.2) is 11.5 Å². The van der Waals surface area contributed by atoms with E-state index < -0.39 is 0 Å². The van der Waals surface area contributed by atoms with Crippen molar-refractivity contribution in [3.8, 4) is 11.5 Å². The van der Waals surface area contributed by atoms with Gasteiger partial charge >= 0.3 is 0 Å². The largest absolute Gasteiger partial charge is 0.493 e. The Labute approximate surface area is 202 Å². The van der Waals surface area contributed by atoms with Crippen molar-refractivity contribution in [2.45, 2.75) is 46.1 Å². The maximum Gasteiger partial charge on any atom is 0.161 e. The smallest absolute Gasteiger partial charge is 0.161 e. The summed E-state index contributed by atoms with van der Waals surface area (Å²) in [5.74, 6) is 4.30. The van der Waals surface area contributed by atoms with Gasteiger partial charge in [-0.05, 0) is 61.0 Å². The first-order valence-corrected chi connectivity index (χ1v) is 13.1. The number of benzene rings is 1. The van der Waals surface area contributed by atoms with Crippen LogP contribution in [0.5, 0.6) is 11.5 Å². The van der Waals surface area contributed by atoms with Gasteiger partial charge in [-0.3, -0.25) is 0 Å². The quantitative estimate of drug-likeness (QED) is 0.316. The van der Waals surface area contributed by atoms with Gasteiger partial charge in [0.2, 0.25) is 0 Å². The Balaban J connectivity index is 1.32. The minimum Gasteiger partial charge on any atom is -0.493 e. The Morgan fingerprint density at radius 1 is 1.06 bits per heavy atom. The van der Waals surface area contributed by atoms with Crippen LogP contribution >= 0.6 is 15.9 Å². The van der Waals surface area contributed by atoms with E-state index in [4.69, 9.17) is 18.9 Å². The molecule has 0 aromatic heterocycles. The van der Waals surface area contributed by atoms with Crippen molar-refractivity contribution in [1.82, 2.24) is 0 Å². The van der Waals surface area contributed by atoms with E-state index >= 15 is 0 Å². The molecule has 0 unspecified atom stereocenters. The summed E-state index contributed by atoms with van der Waals surface area (Å²) in [5.41, 5.74) is 1.81. The van der Waals surface area contributed by atoms with Crippen molar-refractivity contribution in [3.63, 3.8) is 0 Å². The zero-order chi connectivity index (χ0) is 22.8. The molecule has 1 aliphatic heterocycles. The summed E-state index contributed by atoms with van der Waals surface area (Å²) in [5, 5.41) is 0. The second kappa shape index (κ2) is 10.2. The molecule has 5 rings (SSSR count). The second-order valence-corrected chi connectivity index (χ2v) is 11.5. The third kappa shape index (κ3) is 4.98. The summed E-state index contributed by atoms with van der Waals surface area (Å²) in [6, 6.07) is 4.12. The van der Waals surface area contributed by atoms with Crippen LogP contribution in [0, 0.1) is 23.2 Å². The van der Waals surface area contributed by atoms with E-state index in [1.165, 1.54) is 31.2 Å². The predicted molar refractivity (Wildman–Crippen MR) is 130 cm³/mol. The van der Waals surface area contributed by atoms with Crippen LogP contribution in [0.2, 0.25) is 0 Å². The van der Waals surface area contributed by atoms with Crippen LogP contribution in [-0.2, 0) is 16.0 Å². The van der Waals surface area contributed by atoms with Gasteiger partial charge < -0.3 is 23.4 Å². The third-order valence-electron chi connectivity index (χ3n) is 8.82. The Hall–Kier alpha value is -0.820. The normalized spacial score (nSPS) is 28.1. The fraction of sp³-hybridized carbons (Fsp3) is 0.769. The zero-order valence-corrected chi connectivity index (χ0v) is 21.9. The van der Waals surface area contributed by atoms with Gasteiger partial charge in [-0.2, -0.15) is 0 Å². The lowest BCUT2D eigenvalue weighted by Gasteiger charge is -2.60. The summed E-state index contributed by atoms with van der Waals surface area (Å²) >= 11 is 3.75. The molecular weight excluding hydrogens is 470 g/mol. The molecule has 4 aliphatic rings. The van der Waals surface area contributed by atoms with Crippen LogP contribution in [-0.4, -0.2) is 64.8 Å². The van der Waals surface area contributed by atoms with E-state index in [1.54, 1.807) is 14.2 Å². The molecule has 0 radical (unpaired) electrons. The molecule has 6 heteroatoms. The molecule has 2 bridgehead atoms. The van der Waals surface area contributed by atoms with Crippen molar-refractivity contribution in [2.75, 3.05) is 60.3 Å². The van der Waals surface area contributed by atoms with Crippen LogP contribution in [0.3, 0.4) is 0 Å². The van der Waals surface area contributed by atoms with Gasteiger partial charge in [-0.1, -0.05) is 29.8 Å². The highest BCUT2D eigenvalue weighted by Gasteiger charge is 2.53. The number of quaternary nitrogens is 1. The SMILES string of the molecule is COc1cc(Br)c(C[N+]2(CCOCC[C@H]3CC[C@H]4C[C@H]3C4(C)C)CCOCC2)cc1OC. The molecule has 3 saturated carbocycles. The molecule has 1 saturated heterocycles. The first-order valence-electron chi connectivity index (χ1n) is 12.3. The summed E-state index contributed by atoms with van der Waals surface area (Å²) < 4.78 is 25.0. The Morgan fingerprint density at radius 3 is 2.44 bits per heavy atom. The molecule has 3 aliphatic carbocycles. The summed E-state index contributed by atoms with van der Waals surface area (Å²) in [7, 11) is 3.37. The Bertz CT molecular complexity index is 775. The first-order chi connectivity index (χ1) is 15.4. The van der Waals surface area contributed by atoms with Crippen LogP contribution in [0.1, 0.15) is 45.1 Å².